The van der Waals surface area contributed by atoms with E-state index in [0.29, 0.717) is 5.56 Å². The minimum Gasteiger partial charge on any atom is -0.504 e. The lowest BCUT2D eigenvalue weighted by Gasteiger charge is -2.39. The Balaban J connectivity index is 2.01. The van der Waals surface area contributed by atoms with Crippen molar-refractivity contribution in [2.45, 2.75) is 36.8 Å². The Bertz CT molecular complexity index is 700. The predicted molar refractivity (Wildman–Crippen MR) is 87.4 cm³/mol. The predicted octanol–water partition coefficient (Wildman–Crippen LogP) is -0.343. The third-order valence-corrected chi connectivity index (χ3v) is 4.12. The van der Waals surface area contributed by atoms with Gasteiger partial charge in [0.2, 0.25) is 0 Å². The van der Waals surface area contributed by atoms with Crippen LogP contribution in [0.4, 0.5) is 0 Å². The second kappa shape index (κ2) is 7.73. The summed E-state index contributed by atoms with van der Waals surface area (Å²) in [5.41, 5.74) is -1.80. The first kappa shape index (κ1) is 19.7. The molecule has 0 bridgehead atoms. The minimum absolute atomic E-state index is 0.117. The van der Waals surface area contributed by atoms with Crippen LogP contribution in [0.25, 0.3) is 6.08 Å². The van der Waals surface area contributed by atoms with Crippen molar-refractivity contribution in [2.24, 2.45) is 0 Å². The van der Waals surface area contributed by atoms with E-state index in [0.717, 1.165) is 6.08 Å². The van der Waals surface area contributed by atoms with Crippen LogP contribution in [0, 0.1) is 0 Å². The Morgan fingerprint density at radius 2 is 1.85 bits per heavy atom. The van der Waals surface area contributed by atoms with Gasteiger partial charge in [-0.1, -0.05) is 6.07 Å². The highest BCUT2D eigenvalue weighted by Gasteiger charge is 2.50. The molecule has 0 radical (unpaired) electrons. The topological polar surface area (TPSA) is 154 Å². The van der Waals surface area contributed by atoms with Gasteiger partial charge in [-0.3, -0.25) is 0 Å². The van der Waals surface area contributed by atoms with Crippen LogP contribution in [-0.4, -0.2) is 68.5 Å². The molecule has 1 aliphatic rings. The van der Waals surface area contributed by atoms with Crippen LogP contribution >= 0.6 is 0 Å². The van der Waals surface area contributed by atoms with Crippen LogP contribution in [-0.2, 0) is 14.3 Å². The Kier molecular flexibility index (Phi) is 5.86. The normalized spacial score (nSPS) is 28.7. The summed E-state index contributed by atoms with van der Waals surface area (Å²) in [5, 5.41) is 48.3. The molecule has 2 atom stereocenters. The van der Waals surface area contributed by atoms with Gasteiger partial charge in [0.15, 0.2) is 23.2 Å². The van der Waals surface area contributed by atoms with Gasteiger partial charge in [0.05, 0.1) is 19.3 Å². The number of phenolic OH excluding ortho intramolecular Hbond substituents is 1. The summed E-state index contributed by atoms with van der Waals surface area (Å²) in [5.74, 6) is -2.30. The smallest absolute Gasteiger partial charge is 0.335 e. The highest BCUT2D eigenvalue weighted by Crippen LogP contribution is 2.31. The van der Waals surface area contributed by atoms with E-state index >= 15 is 0 Å². The van der Waals surface area contributed by atoms with Crippen LogP contribution < -0.4 is 4.74 Å². The third kappa shape index (κ3) is 4.31. The first-order chi connectivity index (χ1) is 12.2. The van der Waals surface area contributed by atoms with Crippen molar-refractivity contribution < 1.29 is 44.6 Å². The standard InChI is InChI=1S/C17H20O9/c1-25-13-4-2-9(6-10(13)18)3-5-14(21)26-15-11(19)7-17(24,16(22)23)8-12(15)20/h2-6,11-12,15,18-20,24H,7-8H2,1H3,(H,22,23)/t11-,12-,15?,17?/m1/s1. The number of phenols is 1. The Hall–Kier alpha value is -2.62. The molecule has 1 aromatic carbocycles. The van der Waals surface area contributed by atoms with E-state index in [-0.39, 0.29) is 11.5 Å². The largest absolute Gasteiger partial charge is 0.504 e. The number of aliphatic hydroxyl groups excluding tert-OH is 2. The van der Waals surface area contributed by atoms with Gasteiger partial charge in [0.1, 0.15) is 0 Å². The van der Waals surface area contributed by atoms with Crippen molar-refractivity contribution in [3.05, 3.63) is 29.8 Å². The second-order valence-corrected chi connectivity index (χ2v) is 6.05. The number of hydrogen-bond donors (Lipinski definition) is 5. The van der Waals surface area contributed by atoms with Gasteiger partial charge in [0.25, 0.3) is 0 Å². The van der Waals surface area contributed by atoms with Crippen molar-refractivity contribution in [1.29, 1.82) is 0 Å². The van der Waals surface area contributed by atoms with Gasteiger partial charge < -0.3 is 35.0 Å². The Morgan fingerprint density at radius 3 is 2.35 bits per heavy atom. The van der Waals surface area contributed by atoms with Gasteiger partial charge >= 0.3 is 11.9 Å². The Labute approximate surface area is 148 Å². The highest BCUT2D eigenvalue weighted by atomic mass is 16.6. The fourth-order valence-electron chi connectivity index (χ4n) is 2.74. The minimum atomic E-state index is -2.28. The molecule has 0 saturated heterocycles. The highest BCUT2D eigenvalue weighted by molar-refractivity contribution is 5.87. The van der Waals surface area contributed by atoms with E-state index in [2.05, 4.69) is 0 Å². The molecule has 142 valence electrons. The van der Waals surface area contributed by atoms with Crippen molar-refractivity contribution in [2.75, 3.05) is 7.11 Å². The zero-order chi connectivity index (χ0) is 19.5. The van der Waals surface area contributed by atoms with Gasteiger partial charge in [-0.15, -0.1) is 0 Å². The van der Waals surface area contributed by atoms with E-state index in [1.54, 1.807) is 6.07 Å². The van der Waals surface area contributed by atoms with Crippen LogP contribution in [0.3, 0.4) is 0 Å². The monoisotopic (exact) mass is 368 g/mol. The molecule has 1 fully saturated rings. The van der Waals surface area contributed by atoms with E-state index in [9.17, 15) is 30.0 Å². The van der Waals surface area contributed by atoms with Gasteiger partial charge in [-0.25, -0.2) is 9.59 Å². The number of aromatic hydroxyl groups is 1. The number of carbonyl (C=O) groups is 2. The second-order valence-electron chi connectivity index (χ2n) is 6.05. The molecule has 2 rings (SSSR count). The molecule has 0 aliphatic heterocycles. The zero-order valence-corrected chi connectivity index (χ0v) is 13.9. The number of carbonyl (C=O) groups excluding carboxylic acids is 1. The quantitative estimate of drug-likeness (QED) is 0.347. The van der Waals surface area contributed by atoms with Crippen molar-refractivity contribution in [1.82, 2.24) is 0 Å². The summed E-state index contributed by atoms with van der Waals surface area (Å²) >= 11 is 0. The summed E-state index contributed by atoms with van der Waals surface area (Å²) < 4.78 is 9.87. The lowest BCUT2D eigenvalue weighted by atomic mass is 9.79. The summed E-state index contributed by atoms with van der Waals surface area (Å²) in [4.78, 5) is 22.9. The molecular formula is C17H20O9. The van der Waals surface area contributed by atoms with Crippen LogP contribution in [0.1, 0.15) is 18.4 Å². The molecule has 9 nitrogen and oxygen atoms in total. The number of benzene rings is 1. The zero-order valence-electron chi connectivity index (χ0n) is 13.9. The fourth-order valence-corrected chi connectivity index (χ4v) is 2.74. The lowest BCUT2D eigenvalue weighted by molar-refractivity contribution is -0.196. The molecule has 26 heavy (non-hydrogen) atoms. The lowest BCUT2D eigenvalue weighted by Crippen LogP contribution is -2.57. The molecule has 0 spiro atoms. The fraction of sp³-hybridized carbons (Fsp3) is 0.412. The number of methoxy groups -OCH3 is 1. The van der Waals surface area contributed by atoms with E-state index < -0.39 is 48.7 Å². The number of carboxylic acids is 1. The molecule has 0 unspecified atom stereocenters. The maximum absolute atomic E-state index is 11.9. The van der Waals surface area contributed by atoms with Crippen LogP contribution in [0.15, 0.2) is 24.3 Å². The molecular weight excluding hydrogens is 348 g/mol. The third-order valence-electron chi connectivity index (χ3n) is 4.12. The summed E-state index contributed by atoms with van der Waals surface area (Å²) in [6.07, 6.45) is -3.23. The molecule has 5 N–H and O–H groups in total. The van der Waals surface area contributed by atoms with E-state index in [1.165, 1.54) is 25.3 Å². The van der Waals surface area contributed by atoms with Gasteiger partial charge in [-0.2, -0.15) is 0 Å². The summed E-state index contributed by atoms with van der Waals surface area (Å²) in [7, 11) is 1.40. The van der Waals surface area contributed by atoms with Gasteiger partial charge in [-0.05, 0) is 23.8 Å². The molecule has 0 aromatic heterocycles. The summed E-state index contributed by atoms with van der Waals surface area (Å²) in [6.45, 7) is 0. The number of aliphatic hydroxyl groups is 3. The summed E-state index contributed by atoms with van der Waals surface area (Å²) in [6, 6.07) is 4.45. The molecule has 0 heterocycles. The number of ether oxygens (including phenoxy) is 2. The SMILES string of the molecule is COc1ccc(C=CC(=O)OC2[C@H](O)CC(O)(C(=O)O)C[C@H]2O)cc1O. The number of rotatable bonds is 5. The van der Waals surface area contributed by atoms with Crippen molar-refractivity contribution in [3.8, 4) is 11.5 Å². The molecule has 1 aromatic rings. The number of aliphatic carboxylic acids is 1. The van der Waals surface area contributed by atoms with E-state index in [1.807, 2.05) is 0 Å². The van der Waals surface area contributed by atoms with Crippen molar-refractivity contribution in [3.63, 3.8) is 0 Å². The van der Waals surface area contributed by atoms with Crippen LogP contribution in [0.5, 0.6) is 11.5 Å². The first-order valence-electron chi connectivity index (χ1n) is 7.74. The maximum Gasteiger partial charge on any atom is 0.335 e. The average Bonchev–Trinajstić information content (AvgIpc) is 2.56. The number of hydrogen-bond acceptors (Lipinski definition) is 8. The first-order valence-corrected chi connectivity index (χ1v) is 7.74. The molecule has 1 saturated carbocycles. The molecule has 1 aliphatic carbocycles. The molecule has 9 heteroatoms. The van der Waals surface area contributed by atoms with Crippen molar-refractivity contribution >= 4 is 18.0 Å². The van der Waals surface area contributed by atoms with Crippen LogP contribution in [0.2, 0.25) is 0 Å². The maximum atomic E-state index is 11.9. The van der Waals surface area contributed by atoms with E-state index in [4.69, 9.17) is 14.6 Å². The average molecular weight is 368 g/mol. The Morgan fingerprint density at radius 1 is 1.23 bits per heavy atom. The molecule has 0 amide bonds. The number of carboxylic acid groups (broad SMARTS) is 1. The number of esters is 1. The van der Waals surface area contributed by atoms with Gasteiger partial charge in [0, 0.05) is 18.9 Å².